The van der Waals surface area contributed by atoms with Gasteiger partial charge in [0.2, 0.25) is 0 Å². The van der Waals surface area contributed by atoms with E-state index >= 15 is 0 Å². The van der Waals surface area contributed by atoms with Gasteiger partial charge in [-0.2, -0.15) is 10.4 Å². The van der Waals surface area contributed by atoms with Crippen LogP contribution in [0.5, 0.6) is 5.75 Å². The molecule has 20 heavy (non-hydrogen) atoms. The van der Waals surface area contributed by atoms with Crippen molar-refractivity contribution in [3.8, 4) is 11.8 Å². The minimum Gasteiger partial charge on any atom is -0.493 e. The summed E-state index contributed by atoms with van der Waals surface area (Å²) < 4.78 is 8.47. The summed E-state index contributed by atoms with van der Waals surface area (Å²) in [5, 5.41) is 13.3. The molecule has 1 aliphatic rings. The van der Waals surface area contributed by atoms with Gasteiger partial charge in [0.05, 0.1) is 18.8 Å². The van der Waals surface area contributed by atoms with Crippen LogP contribution in [0.15, 0.2) is 28.9 Å². The summed E-state index contributed by atoms with van der Waals surface area (Å²) in [5.41, 5.74) is 7.47. The van der Waals surface area contributed by atoms with Crippen LogP contribution in [-0.2, 0) is 0 Å². The van der Waals surface area contributed by atoms with Crippen molar-refractivity contribution in [3.63, 3.8) is 0 Å². The van der Waals surface area contributed by atoms with E-state index in [1.54, 1.807) is 4.68 Å². The van der Waals surface area contributed by atoms with Crippen molar-refractivity contribution in [2.45, 2.75) is 18.9 Å². The van der Waals surface area contributed by atoms with Crippen molar-refractivity contribution < 1.29 is 4.74 Å². The largest absolute Gasteiger partial charge is 0.493 e. The second kappa shape index (κ2) is 5.17. The highest BCUT2D eigenvalue weighted by molar-refractivity contribution is 9.10. The summed E-state index contributed by atoms with van der Waals surface area (Å²) in [6, 6.07) is 8.01. The van der Waals surface area contributed by atoms with E-state index < -0.39 is 0 Å². The van der Waals surface area contributed by atoms with Crippen LogP contribution in [0.25, 0.3) is 0 Å². The molecule has 1 aromatic heterocycles. The molecule has 0 spiro atoms. The number of nitriles is 1. The molecular formula is C14H13BrN4O. The maximum Gasteiger partial charge on any atom is 0.140 e. The highest BCUT2D eigenvalue weighted by Crippen LogP contribution is 2.37. The number of nitrogens with zero attached hydrogens (tertiary/aromatic N) is 3. The lowest BCUT2D eigenvalue weighted by Crippen LogP contribution is -2.14. The van der Waals surface area contributed by atoms with Crippen LogP contribution in [0.4, 0.5) is 5.82 Å². The van der Waals surface area contributed by atoms with Crippen LogP contribution in [0.3, 0.4) is 0 Å². The first-order valence-electron chi connectivity index (χ1n) is 6.36. The first-order chi connectivity index (χ1) is 9.70. The van der Waals surface area contributed by atoms with Gasteiger partial charge in [0, 0.05) is 10.0 Å². The summed E-state index contributed by atoms with van der Waals surface area (Å²) in [6.45, 7) is 0.673. The van der Waals surface area contributed by atoms with Gasteiger partial charge >= 0.3 is 0 Å². The predicted molar refractivity (Wildman–Crippen MR) is 78.4 cm³/mol. The van der Waals surface area contributed by atoms with Crippen molar-refractivity contribution >= 4 is 21.7 Å². The van der Waals surface area contributed by atoms with Crippen molar-refractivity contribution in [1.82, 2.24) is 9.78 Å². The zero-order valence-electron chi connectivity index (χ0n) is 10.7. The van der Waals surface area contributed by atoms with Crippen molar-refractivity contribution in [3.05, 3.63) is 40.0 Å². The number of hydrogen-bond donors (Lipinski definition) is 1. The minimum absolute atomic E-state index is 0.00250. The molecule has 1 aromatic carbocycles. The van der Waals surface area contributed by atoms with Gasteiger partial charge in [0.1, 0.15) is 23.2 Å². The smallest absolute Gasteiger partial charge is 0.140 e. The quantitative estimate of drug-likeness (QED) is 0.871. The van der Waals surface area contributed by atoms with Crippen molar-refractivity contribution in [2.24, 2.45) is 0 Å². The van der Waals surface area contributed by atoms with Crippen LogP contribution in [-0.4, -0.2) is 16.4 Å². The van der Waals surface area contributed by atoms with Crippen LogP contribution < -0.4 is 10.5 Å². The summed E-state index contributed by atoms with van der Waals surface area (Å²) in [4.78, 5) is 0. The number of halogens is 1. The fraction of sp³-hybridized carbons (Fsp3) is 0.286. The summed E-state index contributed by atoms with van der Waals surface area (Å²) >= 11 is 3.45. The average molecular weight is 333 g/mol. The molecule has 0 bridgehead atoms. The predicted octanol–water partition coefficient (Wildman–Crippen LogP) is 2.86. The molecule has 1 aliphatic heterocycles. The second-order valence-corrected chi connectivity index (χ2v) is 5.60. The number of rotatable bonds is 1. The van der Waals surface area contributed by atoms with Crippen LogP contribution in [0.2, 0.25) is 0 Å². The maximum absolute atomic E-state index is 9.00. The minimum atomic E-state index is 0.00250. The molecule has 6 heteroatoms. The monoisotopic (exact) mass is 332 g/mol. The van der Waals surface area contributed by atoms with Gasteiger partial charge in [-0.3, -0.25) is 0 Å². The van der Waals surface area contributed by atoms with Crippen molar-refractivity contribution in [2.75, 3.05) is 12.3 Å². The molecule has 0 saturated heterocycles. The molecular weight excluding hydrogens is 320 g/mol. The number of aromatic nitrogens is 2. The maximum atomic E-state index is 9.00. The number of nitrogens with two attached hydrogens (primary N) is 1. The second-order valence-electron chi connectivity index (χ2n) is 4.69. The molecule has 0 fully saturated rings. The van der Waals surface area contributed by atoms with E-state index in [0.29, 0.717) is 18.0 Å². The summed E-state index contributed by atoms with van der Waals surface area (Å²) in [6.07, 6.45) is 3.31. The van der Waals surface area contributed by atoms with Crippen LogP contribution in [0.1, 0.15) is 30.0 Å². The van der Waals surface area contributed by atoms with E-state index in [1.165, 1.54) is 6.20 Å². The fourth-order valence-corrected chi connectivity index (χ4v) is 2.82. The molecule has 102 valence electrons. The molecule has 3 rings (SSSR count). The Hall–Kier alpha value is -2.00. The van der Waals surface area contributed by atoms with Gasteiger partial charge in [0.25, 0.3) is 0 Å². The van der Waals surface area contributed by atoms with E-state index in [9.17, 15) is 0 Å². The Balaban J connectivity index is 2.10. The number of hydrogen-bond acceptors (Lipinski definition) is 4. The third-order valence-corrected chi connectivity index (χ3v) is 3.96. The standard InChI is InChI=1S/C14H13BrN4O/c15-10-3-4-11-12(2-1-5-20-13(11)6-10)19-14(17)9(7-16)8-18-19/h3-4,6,8,12H,1-2,5,17H2. The lowest BCUT2D eigenvalue weighted by atomic mass is 10.0. The van der Waals surface area contributed by atoms with Crippen LogP contribution >= 0.6 is 15.9 Å². The van der Waals surface area contributed by atoms with Gasteiger partial charge in [-0.15, -0.1) is 0 Å². The highest BCUT2D eigenvalue weighted by Gasteiger charge is 2.24. The lowest BCUT2D eigenvalue weighted by Gasteiger charge is -2.18. The number of ether oxygens (including phenoxy) is 1. The van der Waals surface area contributed by atoms with E-state index in [-0.39, 0.29) is 6.04 Å². The number of anilines is 1. The Bertz CT molecular complexity index is 689. The molecule has 0 saturated carbocycles. The molecule has 2 heterocycles. The summed E-state index contributed by atoms with van der Waals surface area (Å²) in [7, 11) is 0. The molecule has 1 atom stereocenters. The van der Waals surface area contributed by atoms with Gasteiger partial charge in [0.15, 0.2) is 0 Å². The van der Waals surface area contributed by atoms with E-state index in [0.717, 1.165) is 28.6 Å². The van der Waals surface area contributed by atoms with Crippen LogP contribution in [0, 0.1) is 11.3 Å². The highest BCUT2D eigenvalue weighted by atomic mass is 79.9. The number of fused-ring (bicyclic) bond motifs is 1. The zero-order chi connectivity index (χ0) is 14.1. The van der Waals surface area contributed by atoms with E-state index in [1.807, 2.05) is 18.2 Å². The van der Waals surface area contributed by atoms with E-state index in [4.69, 9.17) is 15.7 Å². The Labute approximate surface area is 125 Å². The van der Waals surface area contributed by atoms with E-state index in [2.05, 4.69) is 27.1 Å². The Morgan fingerprint density at radius 3 is 3.10 bits per heavy atom. The van der Waals surface area contributed by atoms with Gasteiger partial charge in [-0.25, -0.2) is 4.68 Å². The normalized spacial score (nSPS) is 17.7. The molecule has 5 nitrogen and oxygen atoms in total. The Morgan fingerprint density at radius 1 is 1.50 bits per heavy atom. The fourth-order valence-electron chi connectivity index (χ4n) is 2.48. The first kappa shape index (κ1) is 13.0. The number of benzene rings is 1. The van der Waals surface area contributed by atoms with Gasteiger partial charge < -0.3 is 10.5 Å². The average Bonchev–Trinajstić information content (AvgIpc) is 2.68. The SMILES string of the molecule is N#Cc1cnn(C2CCCOc3cc(Br)ccc32)c1N. The number of nitrogen functional groups attached to an aromatic ring is 1. The molecule has 1 unspecified atom stereocenters. The topological polar surface area (TPSA) is 76.9 Å². The zero-order valence-corrected chi connectivity index (χ0v) is 12.3. The molecule has 0 aliphatic carbocycles. The Kier molecular flexibility index (Phi) is 3.36. The Morgan fingerprint density at radius 2 is 2.35 bits per heavy atom. The third kappa shape index (κ3) is 2.14. The first-order valence-corrected chi connectivity index (χ1v) is 7.15. The molecule has 0 amide bonds. The van der Waals surface area contributed by atoms with Gasteiger partial charge in [-0.05, 0) is 25.0 Å². The van der Waals surface area contributed by atoms with Gasteiger partial charge in [-0.1, -0.05) is 22.0 Å². The summed E-state index contributed by atoms with van der Waals surface area (Å²) in [5.74, 6) is 1.25. The lowest BCUT2D eigenvalue weighted by molar-refractivity contribution is 0.315. The molecule has 2 N–H and O–H groups in total. The molecule has 0 radical (unpaired) electrons. The molecule has 2 aromatic rings. The third-order valence-electron chi connectivity index (χ3n) is 3.46. The van der Waals surface area contributed by atoms with Crippen molar-refractivity contribution in [1.29, 1.82) is 5.26 Å².